The van der Waals surface area contributed by atoms with Gasteiger partial charge >= 0.3 is 0 Å². The number of benzene rings is 5. The second-order valence-corrected chi connectivity index (χ2v) is 8.42. The summed E-state index contributed by atoms with van der Waals surface area (Å²) >= 11 is 6.48. The summed E-state index contributed by atoms with van der Waals surface area (Å²) in [5.74, 6) is 0. The molecule has 0 fully saturated rings. The number of aromatic nitrogens is 1. The maximum absolute atomic E-state index is 6.48. The molecule has 2 heteroatoms. The zero-order valence-corrected chi connectivity index (χ0v) is 18.1. The van der Waals surface area contributed by atoms with Crippen LogP contribution in [-0.4, -0.2) is 4.57 Å². The van der Waals surface area contributed by atoms with Gasteiger partial charge in [0.15, 0.2) is 0 Å². The quantitative estimate of drug-likeness (QED) is 0.265. The highest BCUT2D eigenvalue weighted by atomic mass is 35.5. The Labute approximate surface area is 192 Å². The third-order valence-electron chi connectivity index (χ3n) is 6.03. The number of hydrogen-bond acceptors (Lipinski definition) is 0. The van der Waals surface area contributed by atoms with Gasteiger partial charge in [-0.2, -0.15) is 0 Å². The van der Waals surface area contributed by atoms with E-state index in [1.165, 1.54) is 33.2 Å². The van der Waals surface area contributed by atoms with Crippen molar-refractivity contribution in [1.29, 1.82) is 0 Å². The van der Waals surface area contributed by atoms with E-state index in [0.717, 1.165) is 21.6 Å². The van der Waals surface area contributed by atoms with Crippen LogP contribution >= 0.6 is 11.6 Å². The third kappa shape index (κ3) is 3.10. The molecule has 6 aromatic rings. The van der Waals surface area contributed by atoms with Crippen molar-refractivity contribution in [3.8, 4) is 27.9 Å². The summed E-state index contributed by atoms with van der Waals surface area (Å²) in [4.78, 5) is 0. The Balaban J connectivity index is 1.82. The zero-order chi connectivity index (χ0) is 21.5. The lowest BCUT2D eigenvalue weighted by atomic mass is 9.95. The summed E-state index contributed by atoms with van der Waals surface area (Å²) in [5, 5.41) is 3.11. The molecule has 32 heavy (non-hydrogen) atoms. The summed E-state index contributed by atoms with van der Waals surface area (Å²) in [6, 6.07) is 42.5. The number of para-hydroxylation sites is 1. The van der Waals surface area contributed by atoms with Crippen LogP contribution in [0.5, 0.6) is 0 Å². The Kier molecular flexibility index (Phi) is 4.56. The van der Waals surface area contributed by atoms with Gasteiger partial charge in [0, 0.05) is 27.0 Å². The van der Waals surface area contributed by atoms with Crippen molar-refractivity contribution in [1.82, 2.24) is 4.57 Å². The molecule has 1 heterocycles. The van der Waals surface area contributed by atoms with E-state index >= 15 is 0 Å². The van der Waals surface area contributed by atoms with Gasteiger partial charge < -0.3 is 4.57 Å². The molecule has 0 radical (unpaired) electrons. The number of hydrogen-bond donors (Lipinski definition) is 0. The average molecular weight is 430 g/mol. The normalized spacial score (nSPS) is 11.3. The van der Waals surface area contributed by atoms with Crippen LogP contribution in [0, 0.1) is 0 Å². The summed E-state index contributed by atoms with van der Waals surface area (Å²) in [7, 11) is 0. The van der Waals surface area contributed by atoms with Crippen molar-refractivity contribution in [2.45, 2.75) is 0 Å². The van der Waals surface area contributed by atoms with E-state index < -0.39 is 0 Å². The van der Waals surface area contributed by atoms with Crippen molar-refractivity contribution in [2.75, 3.05) is 0 Å². The standard InChI is InChI=1S/C30H20ClN/c31-24-16-17-29-27(20-24)28-19-23(21-10-4-1-5-11-21)18-26(22-12-6-2-7-13-22)30(28)32(29)25-14-8-3-9-15-25/h1-20H. The van der Waals surface area contributed by atoms with Gasteiger partial charge in [-0.05, 0) is 59.2 Å². The van der Waals surface area contributed by atoms with Crippen LogP contribution in [0.3, 0.4) is 0 Å². The summed E-state index contributed by atoms with van der Waals surface area (Å²) < 4.78 is 2.36. The van der Waals surface area contributed by atoms with E-state index in [9.17, 15) is 0 Å². The van der Waals surface area contributed by atoms with Crippen LogP contribution in [0.2, 0.25) is 5.02 Å². The van der Waals surface area contributed by atoms with Crippen molar-refractivity contribution < 1.29 is 0 Å². The van der Waals surface area contributed by atoms with Gasteiger partial charge in [-0.3, -0.25) is 0 Å². The smallest absolute Gasteiger partial charge is 0.0619 e. The van der Waals surface area contributed by atoms with Crippen LogP contribution in [0.4, 0.5) is 0 Å². The first-order valence-electron chi connectivity index (χ1n) is 10.7. The molecule has 0 unspecified atom stereocenters. The number of nitrogens with zero attached hydrogens (tertiary/aromatic N) is 1. The number of rotatable bonds is 3. The molecule has 0 saturated carbocycles. The Morgan fingerprint density at radius 3 is 1.81 bits per heavy atom. The highest BCUT2D eigenvalue weighted by Crippen LogP contribution is 2.41. The van der Waals surface area contributed by atoms with E-state index in [2.05, 4.69) is 120 Å². The molecule has 1 nitrogen and oxygen atoms in total. The second-order valence-electron chi connectivity index (χ2n) is 7.98. The molecule has 0 spiro atoms. The highest BCUT2D eigenvalue weighted by Gasteiger charge is 2.18. The van der Waals surface area contributed by atoms with Crippen LogP contribution in [-0.2, 0) is 0 Å². The molecule has 0 atom stereocenters. The molecule has 0 amide bonds. The molecule has 0 N–H and O–H groups in total. The maximum atomic E-state index is 6.48. The fourth-order valence-electron chi connectivity index (χ4n) is 4.60. The van der Waals surface area contributed by atoms with E-state index in [1.807, 2.05) is 6.07 Å². The van der Waals surface area contributed by atoms with Crippen LogP contribution in [0.1, 0.15) is 0 Å². The minimum atomic E-state index is 0.746. The molecule has 0 saturated heterocycles. The van der Waals surface area contributed by atoms with Gasteiger partial charge in [0.05, 0.1) is 11.0 Å². The second kappa shape index (κ2) is 7.71. The third-order valence-corrected chi connectivity index (χ3v) is 6.26. The van der Waals surface area contributed by atoms with Crippen LogP contribution < -0.4 is 0 Å². The van der Waals surface area contributed by atoms with Gasteiger partial charge in [-0.25, -0.2) is 0 Å². The van der Waals surface area contributed by atoms with Crippen LogP contribution in [0.15, 0.2) is 121 Å². The van der Waals surface area contributed by atoms with E-state index in [-0.39, 0.29) is 0 Å². The molecule has 0 aliphatic rings. The average Bonchev–Trinajstić information content (AvgIpc) is 3.18. The van der Waals surface area contributed by atoms with Gasteiger partial charge in [0.2, 0.25) is 0 Å². The van der Waals surface area contributed by atoms with Gasteiger partial charge in [0.1, 0.15) is 0 Å². The minimum absolute atomic E-state index is 0.746. The highest BCUT2D eigenvalue weighted by molar-refractivity contribution is 6.32. The predicted octanol–water partition coefficient (Wildman–Crippen LogP) is 8.77. The first kappa shape index (κ1) is 18.9. The number of halogens is 1. The maximum Gasteiger partial charge on any atom is 0.0619 e. The number of fused-ring (bicyclic) bond motifs is 3. The van der Waals surface area contributed by atoms with Crippen molar-refractivity contribution in [3.05, 3.63) is 126 Å². The lowest BCUT2D eigenvalue weighted by molar-refractivity contribution is 1.18. The molecular weight excluding hydrogens is 410 g/mol. The largest absolute Gasteiger partial charge is 0.309 e. The zero-order valence-electron chi connectivity index (χ0n) is 17.4. The molecule has 6 rings (SSSR count). The lowest BCUT2D eigenvalue weighted by Crippen LogP contribution is -1.95. The van der Waals surface area contributed by atoms with E-state index in [1.54, 1.807) is 0 Å². The van der Waals surface area contributed by atoms with Gasteiger partial charge in [-0.15, -0.1) is 0 Å². The lowest BCUT2D eigenvalue weighted by Gasteiger charge is -2.13. The minimum Gasteiger partial charge on any atom is -0.309 e. The van der Waals surface area contributed by atoms with Gasteiger partial charge in [0.25, 0.3) is 0 Å². The first-order valence-corrected chi connectivity index (χ1v) is 11.1. The Hall–Kier alpha value is -3.81. The van der Waals surface area contributed by atoms with Gasteiger partial charge in [-0.1, -0.05) is 90.5 Å². The Morgan fingerprint density at radius 2 is 1.12 bits per heavy atom. The molecule has 1 aromatic heterocycles. The van der Waals surface area contributed by atoms with E-state index in [0.29, 0.717) is 0 Å². The Bertz CT molecular complexity index is 1550. The molecule has 0 aliphatic carbocycles. The molecule has 0 bridgehead atoms. The molecule has 152 valence electrons. The fourth-order valence-corrected chi connectivity index (χ4v) is 4.77. The first-order chi connectivity index (χ1) is 15.8. The van der Waals surface area contributed by atoms with Crippen LogP contribution in [0.25, 0.3) is 49.7 Å². The Morgan fingerprint density at radius 1 is 0.500 bits per heavy atom. The monoisotopic (exact) mass is 429 g/mol. The summed E-state index contributed by atoms with van der Waals surface area (Å²) in [5.41, 5.74) is 8.29. The summed E-state index contributed by atoms with van der Waals surface area (Å²) in [6.45, 7) is 0. The fraction of sp³-hybridized carbons (Fsp3) is 0. The topological polar surface area (TPSA) is 4.93 Å². The SMILES string of the molecule is Clc1ccc2c(c1)c1cc(-c3ccccc3)cc(-c3ccccc3)c1n2-c1ccccc1. The van der Waals surface area contributed by atoms with Crippen molar-refractivity contribution >= 4 is 33.4 Å². The molecule has 5 aromatic carbocycles. The predicted molar refractivity (Wildman–Crippen MR) is 137 cm³/mol. The van der Waals surface area contributed by atoms with E-state index in [4.69, 9.17) is 11.6 Å². The van der Waals surface area contributed by atoms with Crippen molar-refractivity contribution in [2.24, 2.45) is 0 Å². The molecule has 0 aliphatic heterocycles. The summed E-state index contributed by atoms with van der Waals surface area (Å²) in [6.07, 6.45) is 0. The van der Waals surface area contributed by atoms with Crippen molar-refractivity contribution in [3.63, 3.8) is 0 Å². The molecular formula is C30H20ClN.